The van der Waals surface area contributed by atoms with Gasteiger partial charge < -0.3 is 9.64 Å². The Labute approximate surface area is 161 Å². The summed E-state index contributed by atoms with van der Waals surface area (Å²) < 4.78 is 5.24. The molecular formula is C21H21NO2S2. The van der Waals surface area contributed by atoms with E-state index in [1.165, 1.54) is 9.75 Å². The number of methoxy groups -OCH3 is 1. The molecule has 1 aliphatic heterocycles. The van der Waals surface area contributed by atoms with Gasteiger partial charge in [-0.3, -0.25) is 4.79 Å². The number of aryl methyl sites for hydroxylation is 1. The van der Waals surface area contributed by atoms with Crippen molar-refractivity contribution in [3.63, 3.8) is 0 Å². The Morgan fingerprint density at radius 3 is 2.73 bits per heavy atom. The maximum Gasteiger partial charge on any atom is 0.264 e. The standard InChI is InChI=1S/C21H21NO2S2/c1-14-17(15-7-9-16(24-2)10-8-15)13-20(26-14)21(23)22-11-3-5-18(22)19-6-4-12-25-19/h4,6-10,12-13,18H,3,5,11H2,1-2H3. The molecule has 3 aromatic rings. The van der Waals surface area contributed by atoms with Crippen molar-refractivity contribution in [1.29, 1.82) is 0 Å². The second-order valence-electron chi connectivity index (χ2n) is 6.48. The molecule has 26 heavy (non-hydrogen) atoms. The van der Waals surface area contributed by atoms with Crippen LogP contribution in [-0.2, 0) is 0 Å². The molecule has 5 heteroatoms. The van der Waals surface area contributed by atoms with Crippen molar-refractivity contribution in [2.75, 3.05) is 13.7 Å². The molecule has 1 amide bonds. The van der Waals surface area contributed by atoms with Crippen LogP contribution in [0.3, 0.4) is 0 Å². The first kappa shape index (κ1) is 17.3. The molecule has 1 unspecified atom stereocenters. The largest absolute Gasteiger partial charge is 0.497 e. The topological polar surface area (TPSA) is 29.5 Å². The maximum atomic E-state index is 13.2. The lowest BCUT2D eigenvalue weighted by atomic mass is 10.1. The Morgan fingerprint density at radius 1 is 1.23 bits per heavy atom. The van der Waals surface area contributed by atoms with Gasteiger partial charge in [-0.2, -0.15) is 0 Å². The van der Waals surface area contributed by atoms with Crippen molar-refractivity contribution < 1.29 is 9.53 Å². The van der Waals surface area contributed by atoms with Crippen molar-refractivity contribution in [1.82, 2.24) is 4.90 Å². The Morgan fingerprint density at radius 2 is 2.04 bits per heavy atom. The molecular weight excluding hydrogens is 362 g/mol. The van der Waals surface area contributed by atoms with Gasteiger partial charge in [0.1, 0.15) is 5.75 Å². The first-order valence-electron chi connectivity index (χ1n) is 8.76. The third-order valence-corrected chi connectivity index (χ3v) is 6.93. The van der Waals surface area contributed by atoms with Crippen molar-refractivity contribution in [3.8, 4) is 16.9 Å². The van der Waals surface area contributed by atoms with Crippen molar-refractivity contribution >= 4 is 28.6 Å². The minimum Gasteiger partial charge on any atom is -0.497 e. The zero-order chi connectivity index (χ0) is 18.1. The highest BCUT2D eigenvalue weighted by Gasteiger charge is 2.32. The van der Waals surface area contributed by atoms with Crippen LogP contribution in [-0.4, -0.2) is 24.5 Å². The predicted molar refractivity (Wildman–Crippen MR) is 108 cm³/mol. The zero-order valence-electron chi connectivity index (χ0n) is 14.9. The molecule has 0 saturated carbocycles. The smallest absolute Gasteiger partial charge is 0.264 e. The molecule has 1 atom stereocenters. The third-order valence-electron chi connectivity index (χ3n) is 4.91. The number of hydrogen-bond acceptors (Lipinski definition) is 4. The van der Waals surface area contributed by atoms with Gasteiger partial charge in [-0.05, 0) is 60.5 Å². The van der Waals surface area contributed by atoms with Gasteiger partial charge in [0.2, 0.25) is 0 Å². The van der Waals surface area contributed by atoms with Gasteiger partial charge in [0.25, 0.3) is 5.91 Å². The average molecular weight is 384 g/mol. The van der Waals surface area contributed by atoms with Gasteiger partial charge in [0.15, 0.2) is 0 Å². The Kier molecular flexibility index (Phi) is 4.83. The van der Waals surface area contributed by atoms with Crippen LogP contribution in [0, 0.1) is 6.92 Å². The van der Waals surface area contributed by atoms with E-state index in [-0.39, 0.29) is 11.9 Å². The van der Waals surface area contributed by atoms with Gasteiger partial charge in [0, 0.05) is 16.3 Å². The normalized spacial score (nSPS) is 16.8. The SMILES string of the molecule is COc1ccc(-c2cc(C(=O)N3CCCC3c3cccs3)sc2C)cc1. The van der Waals surface area contributed by atoms with Crippen LogP contribution in [0.1, 0.15) is 38.3 Å². The molecule has 1 aromatic carbocycles. The number of benzene rings is 1. The highest BCUT2D eigenvalue weighted by Crippen LogP contribution is 2.38. The summed E-state index contributed by atoms with van der Waals surface area (Å²) in [5, 5.41) is 2.09. The fraction of sp³-hybridized carbons (Fsp3) is 0.286. The van der Waals surface area contributed by atoms with Crippen LogP contribution in [0.4, 0.5) is 0 Å². The van der Waals surface area contributed by atoms with E-state index in [1.54, 1.807) is 29.8 Å². The molecule has 0 aliphatic carbocycles. The molecule has 0 radical (unpaired) electrons. The van der Waals surface area contributed by atoms with Crippen molar-refractivity contribution in [2.24, 2.45) is 0 Å². The number of carbonyl (C=O) groups is 1. The second-order valence-corrected chi connectivity index (χ2v) is 8.72. The van der Waals surface area contributed by atoms with Crippen LogP contribution in [0.15, 0.2) is 47.8 Å². The zero-order valence-corrected chi connectivity index (χ0v) is 16.5. The molecule has 4 rings (SSSR count). The summed E-state index contributed by atoms with van der Waals surface area (Å²) in [7, 11) is 1.67. The number of thiophene rings is 2. The summed E-state index contributed by atoms with van der Waals surface area (Å²) in [5.74, 6) is 1.00. The molecule has 2 aromatic heterocycles. The van der Waals surface area contributed by atoms with E-state index in [9.17, 15) is 4.79 Å². The Bertz CT molecular complexity index is 897. The lowest BCUT2D eigenvalue weighted by molar-refractivity contribution is 0.0743. The summed E-state index contributed by atoms with van der Waals surface area (Å²) in [6.45, 7) is 2.93. The molecule has 1 fully saturated rings. The van der Waals surface area contributed by atoms with Crippen LogP contribution in [0.2, 0.25) is 0 Å². The van der Waals surface area contributed by atoms with E-state index in [1.807, 2.05) is 30.3 Å². The number of carbonyl (C=O) groups excluding carboxylic acids is 1. The van der Waals surface area contributed by atoms with Gasteiger partial charge in [-0.1, -0.05) is 18.2 Å². The number of rotatable bonds is 4. The summed E-state index contributed by atoms with van der Waals surface area (Å²) in [5.41, 5.74) is 2.25. The van der Waals surface area contributed by atoms with Gasteiger partial charge >= 0.3 is 0 Å². The van der Waals surface area contributed by atoms with E-state index < -0.39 is 0 Å². The van der Waals surface area contributed by atoms with E-state index in [0.717, 1.165) is 41.1 Å². The Hall–Kier alpha value is -2.11. The lowest BCUT2D eigenvalue weighted by Gasteiger charge is -2.23. The van der Waals surface area contributed by atoms with Gasteiger partial charge in [0.05, 0.1) is 18.0 Å². The third kappa shape index (κ3) is 3.17. The molecule has 0 N–H and O–H groups in total. The predicted octanol–water partition coefficient (Wildman–Crippen LogP) is 5.77. The minimum atomic E-state index is 0.161. The molecule has 134 valence electrons. The van der Waals surface area contributed by atoms with Crippen LogP contribution in [0.5, 0.6) is 5.75 Å². The second kappa shape index (κ2) is 7.25. The fourth-order valence-electron chi connectivity index (χ4n) is 3.57. The quantitative estimate of drug-likeness (QED) is 0.572. The van der Waals surface area contributed by atoms with Crippen molar-refractivity contribution in [3.05, 3.63) is 62.5 Å². The maximum absolute atomic E-state index is 13.2. The van der Waals surface area contributed by atoms with Gasteiger partial charge in [-0.15, -0.1) is 22.7 Å². The average Bonchev–Trinajstić information content (AvgIpc) is 3.41. The number of nitrogens with zero attached hydrogens (tertiary/aromatic N) is 1. The van der Waals surface area contributed by atoms with E-state index >= 15 is 0 Å². The molecule has 3 heterocycles. The monoisotopic (exact) mass is 383 g/mol. The van der Waals surface area contributed by atoms with Crippen LogP contribution >= 0.6 is 22.7 Å². The number of amides is 1. The van der Waals surface area contributed by atoms with E-state index in [0.29, 0.717) is 0 Å². The Balaban J connectivity index is 1.61. The number of hydrogen-bond donors (Lipinski definition) is 0. The van der Waals surface area contributed by atoms with Crippen molar-refractivity contribution in [2.45, 2.75) is 25.8 Å². The highest BCUT2D eigenvalue weighted by molar-refractivity contribution is 7.14. The molecule has 0 spiro atoms. The summed E-state index contributed by atoms with van der Waals surface area (Å²) in [6.07, 6.45) is 2.13. The van der Waals surface area contributed by atoms with Gasteiger partial charge in [-0.25, -0.2) is 0 Å². The molecule has 0 bridgehead atoms. The molecule has 1 saturated heterocycles. The van der Waals surface area contributed by atoms with Crippen LogP contribution in [0.25, 0.3) is 11.1 Å². The lowest BCUT2D eigenvalue weighted by Crippen LogP contribution is -2.29. The molecule has 3 nitrogen and oxygen atoms in total. The first-order valence-corrected chi connectivity index (χ1v) is 10.5. The summed E-state index contributed by atoms with van der Waals surface area (Å²) in [6, 6.07) is 14.5. The number of ether oxygens (including phenoxy) is 1. The fourth-order valence-corrected chi connectivity index (χ4v) is 5.44. The number of likely N-dealkylation sites (tertiary alicyclic amines) is 1. The van der Waals surface area contributed by atoms with E-state index in [2.05, 4.69) is 29.3 Å². The minimum absolute atomic E-state index is 0.161. The molecule has 1 aliphatic rings. The summed E-state index contributed by atoms with van der Waals surface area (Å²) in [4.78, 5) is 18.5. The van der Waals surface area contributed by atoms with E-state index in [4.69, 9.17) is 4.74 Å². The highest BCUT2D eigenvalue weighted by atomic mass is 32.1. The van der Waals surface area contributed by atoms with Crippen LogP contribution < -0.4 is 4.74 Å². The first-order chi connectivity index (χ1) is 12.7. The summed E-state index contributed by atoms with van der Waals surface area (Å²) >= 11 is 3.34.